The SMILES string of the molecule is CCCC/C=C\CCCCCCCC(=O)OCCCCCCCCCCCCCC/C=C\CCCCCCCCCCCCCCC(=O)NC(CO)C(O)CCCCCCCCCCCCCCC. The molecule has 6 nitrogen and oxygen atoms in total. The highest BCUT2D eigenvalue weighted by Gasteiger charge is 2.20. The minimum absolute atomic E-state index is 0.00483. The third-order valence-electron chi connectivity index (χ3n) is 14.5. The molecule has 69 heavy (non-hydrogen) atoms. The number of allylic oxidation sites excluding steroid dienone is 4. The molecule has 2 unspecified atom stereocenters. The number of aliphatic hydroxyl groups is 2. The first-order valence-corrected chi connectivity index (χ1v) is 31.1. The van der Waals surface area contributed by atoms with Crippen molar-refractivity contribution in [3.05, 3.63) is 24.3 Å². The van der Waals surface area contributed by atoms with E-state index in [9.17, 15) is 19.8 Å². The van der Waals surface area contributed by atoms with Crippen molar-refractivity contribution in [1.29, 1.82) is 0 Å². The molecule has 0 aliphatic rings. The van der Waals surface area contributed by atoms with Crippen LogP contribution in [0.1, 0.15) is 341 Å². The molecule has 1 amide bonds. The van der Waals surface area contributed by atoms with E-state index in [4.69, 9.17) is 4.74 Å². The molecule has 0 aromatic heterocycles. The molecule has 0 rings (SSSR count). The van der Waals surface area contributed by atoms with Crippen LogP contribution in [0, 0.1) is 0 Å². The number of ether oxygens (including phenoxy) is 1. The molecule has 2 atom stereocenters. The summed E-state index contributed by atoms with van der Waals surface area (Å²) in [5, 5.41) is 23.3. The van der Waals surface area contributed by atoms with Crippen molar-refractivity contribution >= 4 is 11.9 Å². The fourth-order valence-electron chi connectivity index (χ4n) is 9.68. The average Bonchev–Trinajstić information content (AvgIpc) is 3.35. The molecular formula is C63H121NO5. The van der Waals surface area contributed by atoms with Gasteiger partial charge in [-0.15, -0.1) is 0 Å². The number of unbranched alkanes of at least 4 members (excludes halogenated alkanes) is 43. The number of carbonyl (C=O) groups excluding carboxylic acids is 2. The molecule has 0 aliphatic carbocycles. The van der Waals surface area contributed by atoms with Crippen LogP contribution in [0.25, 0.3) is 0 Å². The molecule has 3 N–H and O–H groups in total. The highest BCUT2D eigenvalue weighted by Crippen LogP contribution is 2.18. The number of amides is 1. The van der Waals surface area contributed by atoms with E-state index in [-0.39, 0.29) is 18.5 Å². The van der Waals surface area contributed by atoms with Gasteiger partial charge in [0.1, 0.15) is 0 Å². The quantitative estimate of drug-likeness (QED) is 0.0321. The Morgan fingerprint density at radius 3 is 1.07 bits per heavy atom. The van der Waals surface area contributed by atoms with Gasteiger partial charge in [0.25, 0.3) is 0 Å². The third-order valence-corrected chi connectivity index (χ3v) is 14.5. The van der Waals surface area contributed by atoms with Gasteiger partial charge in [-0.05, 0) is 70.6 Å². The van der Waals surface area contributed by atoms with Crippen molar-refractivity contribution in [2.45, 2.75) is 353 Å². The summed E-state index contributed by atoms with van der Waals surface area (Å²) >= 11 is 0. The van der Waals surface area contributed by atoms with Crippen LogP contribution in [-0.2, 0) is 14.3 Å². The summed E-state index contributed by atoms with van der Waals surface area (Å²) in [6.45, 7) is 4.93. The lowest BCUT2D eigenvalue weighted by Crippen LogP contribution is -2.45. The number of aliphatic hydroxyl groups excluding tert-OH is 2. The number of nitrogens with one attached hydrogen (secondary N) is 1. The van der Waals surface area contributed by atoms with Crippen molar-refractivity contribution < 1.29 is 24.5 Å². The van der Waals surface area contributed by atoms with Gasteiger partial charge >= 0.3 is 5.97 Å². The first-order chi connectivity index (χ1) is 34.0. The smallest absolute Gasteiger partial charge is 0.305 e. The number of carbonyl (C=O) groups is 2. The summed E-state index contributed by atoms with van der Waals surface area (Å²) in [6.07, 6.45) is 72.0. The van der Waals surface area contributed by atoms with Gasteiger partial charge in [0.05, 0.1) is 25.4 Å². The molecule has 0 aromatic carbocycles. The van der Waals surface area contributed by atoms with Crippen LogP contribution in [0.3, 0.4) is 0 Å². The van der Waals surface area contributed by atoms with E-state index in [1.807, 2.05) is 0 Å². The van der Waals surface area contributed by atoms with E-state index in [0.717, 1.165) is 44.9 Å². The Kier molecular flexibility index (Phi) is 57.5. The highest BCUT2D eigenvalue weighted by atomic mass is 16.5. The van der Waals surface area contributed by atoms with E-state index in [0.29, 0.717) is 25.9 Å². The number of esters is 1. The van der Waals surface area contributed by atoms with Crippen molar-refractivity contribution in [3.63, 3.8) is 0 Å². The van der Waals surface area contributed by atoms with Gasteiger partial charge in [-0.3, -0.25) is 9.59 Å². The predicted molar refractivity (Wildman–Crippen MR) is 301 cm³/mol. The van der Waals surface area contributed by atoms with E-state index >= 15 is 0 Å². The topological polar surface area (TPSA) is 95.9 Å². The lowest BCUT2D eigenvalue weighted by atomic mass is 10.0. The lowest BCUT2D eigenvalue weighted by Gasteiger charge is -2.22. The van der Waals surface area contributed by atoms with Gasteiger partial charge in [0, 0.05) is 12.8 Å². The number of hydrogen-bond acceptors (Lipinski definition) is 5. The van der Waals surface area contributed by atoms with E-state index < -0.39 is 12.1 Å². The molecular weight excluding hydrogens is 851 g/mol. The Balaban J connectivity index is 3.37. The number of rotatable bonds is 58. The van der Waals surface area contributed by atoms with Crippen LogP contribution in [0.4, 0.5) is 0 Å². The molecule has 0 saturated heterocycles. The lowest BCUT2D eigenvalue weighted by molar-refractivity contribution is -0.143. The minimum Gasteiger partial charge on any atom is -0.466 e. The minimum atomic E-state index is -0.663. The summed E-state index contributed by atoms with van der Waals surface area (Å²) in [5.41, 5.74) is 0. The van der Waals surface area contributed by atoms with Crippen molar-refractivity contribution in [2.75, 3.05) is 13.2 Å². The highest BCUT2D eigenvalue weighted by molar-refractivity contribution is 5.76. The first-order valence-electron chi connectivity index (χ1n) is 31.1. The summed E-state index contributed by atoms with van der Waals surface area (Å²) in [5.74, 6) is -0.0289. The second kappa shape index (κ2) is 58.9. The maximum absolute atomic E-state index is 12.5. The van der Waals surface area contributed by atoms with Crippen LogP contribution in [-0.4, -0.2) is 47.4 Å². The Morgan fingerprint density at radius 1 is 0.391 bits per heavy atom. The van der Waals surface area contributed by atoms with Crippen molar-refractivity contribution in [2.24, 2.45) is 0 Å². The van der Waals surface area contributed by atoms with Crippen LogP contribution in [0.15, 0.2) is 24.3 Å². The van der Waals surface area contributed by atoms with Crippen LogP contribution in [0.2, 0.25) is 0 Å². The third kappa shape index (κ3) is 55.5. The molecule has 408 valence electrons. The first kappa shape index (κ1) is 67.3. The summed E-state index contributed by atoms with van der Waals surface area (Å²) in [7, 11) is 0. The molecule has 0 aromatic rings. The van der Waals surface area contributed by atoms with Gasteiger partial charge < -0.3 is 20.3 Å². The predicted octanol–water partition coefficient (Wildman–Crippen LogP) is 19.4. The molecule has 0 radical (unpaired) electrons. The molecule has 0 saturated carbocycles. The van der Waals surface area contributed by atoms with E-state index in [1.54, 1.807) is 0 Å². The zero-order chi connectivity index (χ0) is 50.0. The van der Waals surface area contributed by atoms with E-state index in [2.05, 4.69) is 43.5 Å². The second-order valence-electron chi connectivity index (χ2n) is 21.4. The monoisotopic (exact) mass is 972 g/mol. The Labute approximate surface area is 431 Å². The second-order valence-corrected chi connectivity index (χ2v) is 21.4. The standard InChI is InChI=1S/C63H121NO5/c1-3-5-7-9-11-13-15-32-36-39-43-47-51-55-61(66)60(59-65)64-62(67)56-52-48-44-40-37-33-30-28-26-24-22-20-18-16-17-19-21-23-25-27-29-31-34-38-42-46-50-54-58-69-63(68)57-53-49-45-41-35-14-12-10-8-6-4-2/h10,12,16-17,60-61,65-66H,3-9,11,13-15,18-59H2,1-2H3,(H,64,67)/b12-10-,17-16-. The summed E-state index contributed by atoms with van der Waals surface area (Å²) in [4.78, 5) is 24.5. The van der Waals surface area contributed by atoms with Crippen LogP contribution >= 0.6 is 0 Å². The Bertz CT molecular complexity index is 1080. The normalized spacial score (nSPS) is 12.7. The van der Waals surface area contributed by atoms with Gasteiger partial charge in [-0.2, -0.15) is 0 Å². The summed E-state index contributed by atoms with van der Waals surface area (Å²) in [6, 6.07) is -0.540. The van der Waals surface area contributed by atoms with Gasteiger partial charge in [0.15, 0.2) is 0 Å². The summed E-state index contributed by atoms with van der Waals surface area (Å²) < 4.78 is 5.46. The molecule has 0 aliphatic heterocycles. The van der Waals surface area contributed by atoms with E-state index in [1.165, 1.54) is 263 Å². The zero-order valence-electron chi connectivity index (χ0n) is 46.6. The zero-order valence-corrected chi connectivity index (χ0v) is 46.6. The largest absolute Gasteiger partial charge is 0.466 e. The van der Waals surface area contributed by atoms with Crippen LogP contribution in [0.5, 0.6) is 0 Å². The van der Waals surface area contributed by atoms with Crippen molar-refractivity contribution in [1.82, 2.24) is 5.32 Å². The Morgan fingerprint density at radius 2 is 0.696 bits per heavy atom. The van der Waals surface area contributed by atoms with Crippen LogP contribution < -0.4 is 5.32 Å². The van der Waals surface area contributed by atoms with Gasteiger partial charge in [-0.1, -0.05) is 282 Å². The molecule has 0 fully saturated rings. The maximum Gasteiger partial charge on any atom is 0.305 e. The van der Waals surface area contributed by atoms with Gasteiger partial charge in [0.2, 0.25) is 5.91 Å². The molecule has 0 heterocycles. The fourth-order valence-corrected chi connectivity index (χ4v) is 9.68. The average molecular weight is 973 g/mol. The van der Waals surface area contributed by atoms with Crippen molar-refractivity contribution in [3.8, 4) is 0 Å². The Hall–Kier alpha value is -1.66. The van der Waals surface area contributed by atoms with Gasteiger partial charge in [-0.25, -0.2) is 0 Å². The number of hydrogen-bond donors (Lipinski definition) is 3. The fraction of sp³-hybridized carbons (Fsp3) is 0.905. The molecule has 0 spiro atoms. The molecule has 6 heteroatoms. The maximum atomic E-state index is 12.5. The molecule has 0 bridgehead atoms.